The van der Waals surface area contributed by atoms with Crippen molar-refractivity contribution in [2.75, 3.05) is 25.9 Å². The first-order chi connectivity index (χ1) is 16.2. The van der Waals surface area contributed by atoms with Crippen LogP contribution in [0.5, 0.6) is 0 Å². The van der Waals surface area contributed by atoms with Crippen molar-refractivity contribution in [2.24, 2.45) is 5.92 Å². The summed E-state index contributed by atoms with van der Waals surface area (Å²) in [5.41, 5.74) is 3.00. The molecule has 0 aliphatic carbocycles. The topological polar surface area (TPSA) is 88.8 Å². The highest BCUT2D eigenvalue weighted by molar-refractivity contribution is 7.81. The zero-order valence-corrected chi connectivity index (χ0v) is 21.5. The summed E-state index contributed by atoms with van der Waals surface area (Å²) in [6.07, 6.45) is 7.26. The second kappa shape index (κ2) is 10.6. The molecule has 0 saturated carbocycles. The smallest absolute Gasteiger partial charge is 0.410 e. The lowest BCUT2D eigenvalue weighted by molar-refractivity contribution is 0.0180. The van der Waals surface area contributed by atoms with E-state index in [0.29, 0.717) is 24.2 Å². The van der Waals surface area contributed by atoms with E-state index in [4.69, 9.17) is 9.26 Å². The van der Waals surface area contributed by atoms with Crippen molar-refractivity contribution in [1.29, 1.82) is 0 Å². The summed E-state index contributed by atoms with van der Waals surface area (Å²) in [7, 11) is -0.940. The van der Waals surface area contributed by atoms with Crippen LogP contribution in [0.1, 0.15) is 63.5 Å². The van der Waals surface area contributed by atoms with E-state index in [1.165, 1.54) is 11.1 Å². The molecular weight excluding hydrogens is 452 g/mol. The lowest BCUT2D eigenvalue weighted by Gasteiger charge is -2.33. The maximum absolute atomic E-state index is 12.2. The SMILES string of the molecule is CS(=O)N1CCc2cc(-c3noc(CCCC4CCN(C(=O)OC(C)(C)C)CC4)n3)ccc2C1. The molecule has 34 heavy (non-hydrogen) atoms. The highest BCUT2D eigenvalue weighted by atomic mass is 32.2. The molecule has 1 aromatic carbocycles. The standard InChI is InChI=1S/C25H36N4O4S/c1-25(2,3)32-24(30)28-13-10-18(11-14-28)6-5-7-22-26-23(27-33-22)20-8-9-21-17-29(34(4)31)15-12-19(21)16-20/h8-9,16,18H,5-7,10-15,17H2,1-4H3. The van der Waals surface area contributed by atoms with Gasteiger partial charge in [0.2, 0.25) is 11.7 Å². The molecule has 1 saturated heterocycles. The number of hydrogen-bond acceptors (Lipinski definition) is 6. The normalized spacial score (nSPS) is 18.5. The Labute approximate surface area is 204 Å². The van der Waals surface area contributed by atoms with Crippen molar-refractivity contribution < 1.29 is 18.3 Å². The Bertz CT molecular complexity index is 1020. The minimum atomic E-state index is -0.940. The highest BCUT2D eigenvalue weighted by Crippen LogP contribution is 2.27. The van der Waals surface area contributed by atoms with Crippen LogP contribution in [0, 0.1) is 5.92 Å². The number of carbonyl (C=O) groups is 1. The van der Waals surface area contributed by atoms with Crippen molar-refractivity contribution in [3.63, 3.8) is 0 Å². The lowest BCUT2D eigenvalue weighted by Crippen LogP contribution is -2.41. The van der Waals surface area contributed by atoms with Crippen LogP contribution in [0.15, 0.2) is 22.7 Å². The number of nitrogens with zero attached hydrogens (tertiary/aromatic N) is 4. The Balaban J connectivity index is 1.23. The minimum absolute atomic E-state index is 0.204. The van der Waals surface area contributed by atoms with Crippen LogP contribution in [0.3, 0.4) is 0 Å². The molecule has 0 N–H and O–H groups in total. The van der Waals surface area contributed by atoms with E-state index < -0.39 is 16.6 Å². The van der Waals surface area contributed by atoms with E-state index in [1.54, 1.807) is 6.26 Å². The number of likely N-dealkylation sites (tertiary alicyclic amines) is 1. The number of rotatable bonds is 6. The predicted molar refractivity (Wildman–Crippen MR) is 131 cm³/mol. The second-order valence-corrected chi connectivity index (χ2v) is 11.7. The largest absolute Gasteiger partial charge is 0.444 e. The molecule has 9 heteroatoms. The van der Waals surface area contributed by atoms with E-state index in [1.807, 2.05) is 36.0 Å². The molecule has 2 aliphatic heterocycles. The van der Waals surface area contributed by atoms with Crippen LogP contribution in [0.4, 0.5) is 4.79 Å². The van der Waals surface area contributed by atoms with Gasteiger partial charge in [0.05, 0.1) is 11.0 Å². The summed E-state index contributed by atoms with van der Waals surface area (Å²) in [5.74, 6) is 1.91. The summed E-state index contributed by atoms with van der Waals surface area (Å²) < 4.78 is 24.7. The third kappa shape index (κ3) is 6.44. The number of ether oxygens (including phenoxy) is 1. The number of carbonyl (C=O) groups excluding carboxylic acids is 1. The molecular formula is C25H36N4O4S. The van der Waals surface area contributed by atoms with Gasteiger partial charge in [-0.25, -0.2) is 13.3 Å². The number of amides is 1. The monoisotopic (exact) mass is 488 g/mol. The second-order valence-electron chi connectivity index (χ2n) is 10.3. The first-order valence-corrected chi connectivity index (χ1v) is 13.7. The minimum Gasteiger partial charge on any atom is -0.444 e. The van der Waals surface area contributed by atoms with E-state index >= 15 is 0 Å². The molecule has 1 fully saturated rings. The Hall–Kier alpha value is -2.26. The number of hydrogen-bond donors (Lipinski definition) is 0. The van der Waals surface area contributed by atoms with Crippen LogP contribution >= 0.6 is 0 Å². The van der Waals surface area contributed by atoms with Crippen LogP contribution in [-0.2, 0) is 35.1 Å². The van der Waals surface area contributed by atoms with E-state index in [2.05, 4.69) is 22.3 Å². The molecule has 1 aromatic heterocycles. The van der Waals surface area contributed by atoms with E-state index in [9.17, 15) is 9.00 Å². The van der Waals surface area contributed by atoms with Crippen molar-refractivity contribution in [1.82, 2.24) is 19.3 Å². The van der Waals surface area contributed by atoms with E-state index in [-0.39, 0.29) is 6.09 Å². The van der Waals surface area contributed by atoms with Crippen LogP contribution in [0.2, 0.25) is 0 Å². The maximum Gasteiger partial charge on any atom is 0.410 e. The fourth-order valence-corrected chi connectivity index (χ4v) is 5.30. The van der Waals surface area contributed by atoms with Crippen LogP contribution in [0.25, 0.3) is 11.4 Å². The Morgan fingerprint density at radius 3 is 2.68 bits per heavy atom. The molecule has 2 aromatic rings. The van der Waals surface area contributed by atoms with Crippen molar-refractivity contribution >= 4 is 17.1 Å². The van der Waals surface area contributed by atoms with E-state index in [0.717, 1.165) is 63.7 Å². The Morgan fingerprint density at radius 1 is 1.21 bits per heavy atom. The summed E-state index contributed by atoms with van der Waals surface area (Å²) in [4.78, 5) is 18.7. The maximum atomic E-state index is 12.2. The Kier molecular flexibility index (Phi) is 7.72. The summed E-state index contributed by atoms with van der Waals surface area (Å²) in [6.45, 7) is 8.73. The third-order valence-electron chi connectivity index (χ3n) is 6.54. The van der Waals surface area contributed by atoms with Gasteiger partial charge in [-0.2, -0.15) is 4.98 Å². The van der Waals surface area contributed by atoms with Gasteiger partial charge in [-0.15, -0.1) is 0 Å². The summed E-state index contributed by atoms with van der Waals surface area (Å²) >= 11 is 0. The predicted octanol–water partition coefficient (Wildman–Crippen LogP) is 4.36. The number of piperidine rings is 1. The number of benzene rings is 1. The van der Waals surface area contributed by atoms with Crippen molar-refractivity contribution in [3.05, 3.63) is 35.2 Å². The van der Waals surface area contributed by atoms with Crippen molar-refractivity contribution in [2.45, 2.75) is 71.4 Å². The first-order valence-electron chi connectivity index (χ1n) is 12.2. The molecule has 0 bridgehead atoms. The van der Waals surface area contributed by atoms with Gasteiger partial charge in [0.15, 0.2) is 0 Å². The molecule has 4 rings (SSSR count). The first kappa shape index (κ1) is 24.9. The van der Waals surface area contributed by atoms with Gasteiger partial charge in [0.1, 0.15) is 5.60 Å². The quantitative estimate of drug-likeness (QED) is 0.600. The molecule has 3 heterocycles. The summed E-state index contributed by atoms with van der Waals surface area (Å²) in [5, 5.41) is 4.20. The van der Waals surface area contributed by atoms with Crippen LogP contribution < -0.4 is 0 Å². The average Bonchev–Trinajstić information content (AvgIpc) is 3.26. The Morgan fingerprint density at radius 2 is 1.97 bits per heavy atom. The van der Waals surface area contributed by atoms with Gasteiger partial charge >= 0.3 is 6.09 Å². The molecule has 2 aliphatic rings. The fourth-order valence-electron chi connectivity index (χ4n) is 4.63. The highest BCUT2D eigenvalue weighted by Gasteiger charge is 2.27. The molecule has 1 amide bonds. The molecule has 1 unspecified atom stereocenters. The van der Waals surface area contributed by atoms with Gasteiger partial charge in [-0.1, -0.05) is 17.3 Å². The zero-order chi connectivity index (χ0) is 24.3. The van der Waals surface area contributed by atoms with Gasteiger partial charge in [-0.05, 0) is 76.0 Å². The zero-order valence-electron chi connectivity index (χ0n) is 20.7. The number of aryl methyl sites for hydroxylation is 1. The molecule has 0 radical (unpaired) electrons. The van der Waals surface area contributed by atoms with Crippen LogP contribution in [-0.4, -0.2) is 61.1 Å². The molecule has 0 spiro atoms. The molecule has 8 nitrogen and oxygen atoms in total. The number of fused-ring (bicyclic) bond motifs is 1. The summed E-state index contributed by atoms with van der Waals surface area (Å²) in [6, 6.07) is 6.25. The van der Waals surface area contributed by atoms with Gasteiger partial charge in [-0.3, -0.25) is 0 Å². The number of aromatic nitrogens is 2. The third-order valence-corrected chi connectivity index (χ3v) is 7.58. The molecule has 1 atom stereocenters. The van der Waals surface area contributed by atoms with Gasteiger partial charge < -0.3 is 14.2 Å². The fraction of sp³-hybridized carbons (Fsp3) is 0.640. The molecule has 186 valence electrons. The van der Waals surface area contributed by atoms with Crippen molar-refractivity contribution in [3.8, 4) is 11.4 Å². The average molecular weight is 489 g/mol. The van der Waals surface area contributed by atoms with Gasteiger partial charge in [0.25, 0.3) is 0 Å². The van der Waals surface area contributed by atoms with Gasteiger partial charge in [0, 0.05) is 44.4 Å². The lowest BCUT2D eigenvalue weighted by atomic mass is 9.92.